The molecule has 0 aliphatic carbocycles. The van der Waals surface area contributed by atoms with Gasteiger partial charge in [0.05, 0.1) is 12.8 Å². The van der Waals surface area contributed by atoms with Crippen molar-refractivity contribution in [2.24, 2.45) is 4.99 Å². The molecular weight excluding hydrogens is 477 g/mol. The average Bonchev–Trinajstić information content (AvgIpc) is 2.67. The number of hydrogen-bond acceptors (Lipinski definition) is 5. The minimum atomic E-state index is -0.523. The molecule has 1 aliphatic heterocycles. The molecule has 2 amide bonds. The van der Waals surface area contributed by atoms with Crippen LogP contribution in [0.2, 0.25) is 0 Å². The van der Waals surface area contributed by atoms with Crippen molar-refractivity contribution in [2.75, 3.05) is 19.5 Å². The summed E-state index contributed by atoms with van der Waals surface area (Å²) >= 11 is 3.49. The van der Waals surface area contributed by atoms with Crippen LogP contribution in [-0.4, -0.2) is 41.3 Å². The first-order valence-corrected chi connectivity index (χ1v) is 10.1. The monoisotopic (exact) mass is 495 g/mol. The van der Waals surface area contributed by atoms with Gasteiger partial charge in [-0.2, -0.15) is 0 Å². The SMILES string of the molecule is COc1ccc(N=C2S[C@H](C(=O)Nc3ccc(I)cc3)CC(=O)N2C)cc1. The second-order valence-electron chi connectivity index (χ2n) is 5.85. The van der Waals surface area contributed by atoms with Gasteiger partial charge in [-0.15, -0.1) is 0 Å². The van der Waals surface area contributed by atoms with Crippen molar-refractivity contribution in [2.45, 2.75) is 11.7 Å². The summed E-state index contributed by atoms with van der Waals surface area (Å²) in [5.41, 5.74) is 1.40. The van der Waals surface area contributed by atoms with Gasteiger partial charge in [-0.3, -0.25) is 14.5 Å². The number of ether oxygens (including phenoxy) is 1. The van der Waals surface area contributed by atoms with Gasteiger partial charge in [0, 0.05) is 22.7 Å². The summed E-state index contributed by atoms with van der Waals surface area (Å²) in [4.78, 5) is 31.0. The van der Waals surface area contributed by atoms with E-state index in [4.69, 9.17) is 4.74 Å². The van der Waals surface area contributed by atoms with E-state index >= 15 is 0 Å². The van der Waals surface area contributed by atoms with Crippen LogP contribution in [-0.2, 0) is 9.59 Å². The van der Waals surface area contributed by atoms with Crippen molar-refractivity contribution in [1.82, 2.24) is 4.90 Å². The maximum absolute atomic E-state index is 12.6. The highest BCUT2D eigenvalue weighted by Crippen LogP contribution is 2.29. The third-order valence-corrected chi connectivity index (χ3v) is 5.93. The fraction of sp³-hybridized carbons (Fsp3) is 0.211. The van der Waals surface area contributed by atoms with Gasteiger partial charge in [0.25, 0.3) is 0 Å². The fourth-order valence-electron chi connectivity index (χ4n) is 2.42. The Morgan fingerprint density at radius 1 is 1.22 bits per heavy atom. The van der Waals surface area contributed by atoms with E-state index in [0.29, 0.717) is 16.5 Å². The molecule has 1 saturated heterocycles. The number of thioether (sulfide) groups is 1. The zero-order valence-corrected chi connectivity index (χ0v) is 17.8. The lowest BCUT2D eigenvalue weighted by Gasteiger charge is -2.28. The molecule has 1 fully saturated rings. The highest BCUT2D eigenvalue weighted by atomic mass is 127. The summed E-state index contributed by atoms with van der Waals surface area (Å²) in [5, 5.41) is 2.84. The van der Waals surface area contributed by atoms with Gasteiger partial charge in [-0.05, 0) is 71.1 Å². The van der Waals surface area contributed by atoms with Crippen molar-refractivity contribution in [3.8, 4) is 5.75 Å². The highest BCUT2D eigenvalue weighted by Gasteiger charge is 2.34. The van der Waals surface area contributed by atoms with Gasteiger partial charge in [-0.1, -0.05) is 11.8 Å². The summed E-state index contributed by atoms with van der Waals surface area (Å²) in [6, 6.07) is 14.7. The van der Waals surface area contributed by atoms with Crippen molar-refractivity contribution in [3.05, 3.63) is 52.1 Å². The summed E-state index contributed by atoms with van der Waals surface area (Å²) in [6.07, 6.45) is 0.138. The van der Waals surface area contributed by atoms with Crippen LogP contribution in [0.1, 0.15) is 6.42 Å². The highest BCUT2D eigenvalue weighted by molar-refractivity contribution is 14.1. The number of halogens is 1. The molecule has 1 aliphatic rings. The molecule has 0 saturated carbocycles. The van der Waals surface area contributed by atoms with Crippen LogP contribution in [0.3, 0.4) is 0 Å². The largest absolute Gasteiger partial charge is 0.497 e. The molecule has 0 aromatic heterocycles. The Morgan fingerprint density at radius 2 is 1.89 bits per heavy atom. The van der Waals surface area contributed by atoms with Gasteiger partial charge in [0.2, 0.25) is 11.8 Å². The molecule has 0 bridgehead atoms. The zero-order valence-electron chi connectivity index (χ0n) is 14.8. The molecule has 2 aromatic rings. The van der Waals surface area contributed by atoms with E-state index in [0.717, 1.165) is 9.32 Å². The van der Waals surface area contributed by atoms with E-state index in [1.807, 2.05) is 24.3 Å². The Morgan fingerprint density at radius 3 is 2.52 bits per heavy atom. The Bertz CT molecular complexity index is 869. The number of nitrogens with zero attached hydrogens (tertiary/aromatic N) is 2. The number of carbonyl (C=O) groups is 2. The second kappa shape index (κ2) is 8.75. The van der Waals surface area contributed by atoms with Gasteiger partial charge < -0.3 is 10.1 Å². The number of anilines is 1. The Hall–Kier alpha value is -2.07. The Balaban J connectivity index is 1.75. The van der Waals surface area contributed by atoms with Gasteiger partial charge in [0.1, 0.15) is 11.0 Å². The number of amidine groups is 1. The minimum absolute atomic E-state index is 0.135. The molecular formula is C19H18IN3O3S. The predicted molar refractivity (Wildman–Crippen MR) is 117 cm³/mol. The number of benzene rings is 2. The lowest BCUT2D eigenvalue weighted by Crippen LogP contribution is -2.43. The molecule has 0 radical (unpaired) electrons. The molecule has 140 valence electrons. The van der Waals surface area contributed by atoms with Crippen molar-refractivity contribution in [3.63, 3.8) is 0 Å². The normalized spacial score (nSPS) is 18.5. The van der Waals surface area contributed by atoms with Crippen molar-refractivity contribution >= 4 is 62.7 Å². The Kier molecular flexibility index (Phi) is 6.38. The standard InChI is InChI=1S/C19H18IN3O3S/c1-23-17(24)11-16(18(25)21-13-5-3-12(20)4-6-13)27-19(23)22-14-7-9-15(26-2)10-8-14/h3-10,16H,11H2,1-2H3,(H,21,25)/t16-/m0/s1. The molecule has 2 aromatic carbocycles. The van der Waals surface area contributed by atoms with E-state index in [9.17, 15) is 9.59 Å². The van der Waals surface area contributed by atoms with E-state index in [2.05, 4.69) is 32.9 Å². The van der Waals surface area contributed by atoms with Gasteiger partial charge in [-0.25, -0.2) is 4.99 Å². The number of hydrogen-bond donors (Lipinski definition) is 1. The Labute approximate surface area is 175 Å². The number of nitrogens with one attached hydrogen (secondary N) is 1. The molecule has 8 heteroatoms. The smallest absolute Gasteiger partial charge is 0.238 e. The number of methoxy groups -OCH3 is 1. The summed E-state index contributed by atoms with van der Waals surface area (Å²) < 4.78 is 6.22. The average molecular weight is 495 g/mol. The maximum Gasteiger partial charge on any atom is 0.238 e. The topological polar surface area (TPSA) is 71.0 Å². The van der Waals surface area contributed by atoms with Crippen LogP contribution in [0.5, 0.6) is 5.75 Å². The van der Waals surface area contributed by atoms with Crippen LogP contribution in [0.25, 0.3) is 0 Å². The number of rotatable bonds is 4. The van der Waals surface area contributed by atoms with E-state index in [1.54, 1.807) is 38.4 Å². The molecule has 1 N–H and O–H groups in total. The van der Waals surface area contributed by atoms with E-state index in [1.165, 1.54) is 16.7 Å². The van der Waals surface area contributed by atoms with Crippen molar-refractivity contribution < 1.29 is 14.3 Å². The zero-order chi connectivity index (χ0) is 19.4. The lowest BCUT2D eigenvalue weighted by atomic mass is 10.2. The first-order valence-electron chi connectivity index (χ1n) is 8.18. The van der Waals surface area contributed by atoms with Crippen LogP contribution >= 0.6 is 34.4 Å². The summed E-state index contributed by atoms with van der Waals surface area (Å²) in [6.45, 7) is 0. The molecule has 0 spiro atoms. The van der Waals surface area contributed by atoms with E-state index in [-0.39, 0.29) is 18.2 Å². The maximum atomic E-state index is 12.6. The van der Waals surface area contributed by atoms with Crippen LogP contribution in [0.4, 0.5) is 11.4 Å². The minimum Gasteiger partial charge on any atom is -0.497 e. The third-order valence-electron chi connectivity index (χ3n) is 3.97. The second-order valence-corrected chi connectivity index (χ2v) is 8.27. The quantitative estimate of drug-likeness (QED) is 0.654. The van der Waals surface area contributed by atoms with Crippen molar-refractivity contribution in [1.29, 1.82) is 0 Å². The summed E-state index contributed by atoms with van der Waals surface area (Å²) in [7, 11) is 3.27. The number of amides is 2. The molecule has 1 heterocycles. The molecule has 0 unspecified atom stereocenters. The van der Waals surface area contributed by atoms with Crippen LogP contribution < -0.4 is 10.1 Å². The van der Waals surface area contributed by atoms with Crippen LogP contribution in [0, 0.1) is 3.57 Å². The summed E-state index contributed by atoms with van der Waals surface area (Å²) in [5.74, 6) is 0.392. The third kappa shape index (κ3) is 5.01. The molecule has 1 atom stereocenters. The first kappa shape index (κ1) is 19.7. The fourth-order valence-corrected chi connectivity index (χ4v) is 3.84. The number of aliphatic imine (C=N–C) groups is 1. The van der Waals surface area contributed by atoms with Gasteiger partial charge >= 0.3 is 0 Å². The first-order chi connectivity index (χ1) is 13.0. The van der Waals surface area contributed by atoms with Gasteiger partial charge in [0.15, 0.2) is 5.17 Å². The van der Waals surface area contributed by atoms with Crippen LogP contribution in [0.15, 0.2) is 53.5 Å². The lowest BCUT2D eigenvalue weighted by molar-refractivity contribution is -0.128. The number of carbonyl (C=O) groups excluding carboxylic acids is 2. The molecule has 6 nitrogen and oxygen atoms in total. The molecule has 27 heavy (non-hydrogen) atoms. The predicted octanol–water partition coefficient (Wildman–Crippen LogP) is 3.89. The molecule has 3 rings (SSSR count). The van der Waals surface area contributed by atoms with E-state index < -0.39 is 5.25 Å².